The lowest BCUT2D eigenvalue weighted by atomic mass is 10.2. The Morgan fingerprint density at radius 1 is 0.571 bits per heavy atom. The van der Waals surface area contributed by atoms with Crippen molar-refractivity contribution in [1.29, 1.82) is 0 Å². The zero-order valence-corrected chi connectivity index (χ0v) is 11.6. The Morgan fingerprint density at radius 3 is 1.43 bits per heavy atom. The lowest BCUT2D eigenvalue weighted by molar-refractivity contribution is 1.27. The molecular formula is C18H17N3. The summed E-state index contributed by atoms with van der Waals surface area (Å²) in [5.41, 5.74) is 6.88. The molecule has 3 heteroatoms. The second kappa shape index (κ2) is 6.11. The van der Waals surface area contributed by atoms with Crippen LogP contribution in [0.25, 0.3) is 0 Å². The summed E-state index contributed by atoms with van der Waals surface area (Å²) in [7, 11) is 0. The summed E-state index contributed by atoms with van der Waals surface area (Å²) < 4.78 is 0. The zero-order valence-electron chi connectivity index (χ0n) is 11.6. The van der Waals surface area contributed by atoms with Gasteiger partial charge in [-0.15, -0.1) is 0 Å². The van der Waals surface area contributed by atoms with Crippen molar-refractivity contribution in [3.8, 4) is 0 Å². The van der Waals surface area contributed by atoms with Gasteiger partial charge in [-0.3, -0.25) is 5.84 Å². The maximum absolute atomic E-state index is 5.43. The largest absolute Gasteiger partial charge is 0.324 e. The molecule has 0 unspecified atom stereocenters. The third kappa shape index (κ3) is 2.88. The van der Waals surface area contributed by atoms with Crippen molar-refractivity contribution in [2.75, 3.05) is 10.3 Å². The highest BCUT2D eigenvalue weighted by atomic mass is 15.2. The molecule has 0 aromatic heterocycles. The number of rotatable bonds is 4. The average molecular weight is 275 g/mol. The Morgan fingerprint density at radius 2 is 1.00 bits per heavy atom. The average Bonchev–Trinajstić information content (AvgIpc) is 2.58. The number of benzene rings is 3. The van der Waals surface area contributed by atoms with Crippen molar-refractivity contribution >= 4 is 22.7 Å². The molecule has 104 valence electrons. The van der Waals surface area contributed by atoms with Crippen LogP contribution in [0.2, 0.25) is 0 Å². The Hall–Kier alpha value is -2.78. The van der Waals surface area contributed by atoms with Crippen molar-refractivity contribution in [2.45, 2.75) is 0 Å². The molecule has 0 saturated heterocycles. The van der Waals surface area contributed by atoms with Gasteiger partial charge in [0, 0.05) is 22.7 Å². The molecule has 0 radical (unpaired) electrons. The van der Waals surface area contributed by atoms with Crippen molar-refractivity contribution in [1.82, 2.24) is 0 Å². The van der Waals surface area contributed by atoms with Crippen LogP contribution in [0.4, 0.5) is 22.7 Å². The van der Waals surface area contributed by atoms with Crippen LogP contribution < -0.4 is 16.2 Å². The number of hydrazine groups is 1. The first-order valence-corrected chi connectivity index (χ1v) is 6.85. The molecule has 0 heterocycles. The summed E-state index contributed by atoms with van der Waals surface area (Å²) in [5.74, 6) is 5.43. The molecule has 0 aliphatic rings. The lowest BCUT2D eigenvalue weighted by Crippen LogP contribution is -2.10. The van der Waals surface area contributed by atoms with Gasteiger partial charge in [-0.05, 0) is 48.5 Å². The molecule has 0 amide bonds. The minimum atomic E-state index is 0.889. The van der Waals surface area contributed by atoms with Gasteiger partial charge in [-0.1, -0.05) is 36.4 Å². The molecule has 0 fully saturated rings. The van der Waals surface area contributed by atoms with E-state index in [1.54, 1.807) is 0 Å². The Kier molecular flexibility index (Phi) is 3.85. The van der Waals surface area contributed by atoms with E-state index in [0.29, 0.717) is 0 Å². The Labute approximate surface area is 124 Å². The van der Waals surface area contributed by atoms with Crippen LogP contribution in [-0.2, 0) is 0 Å². The van der Waals surface area contributed by atoms with Gasteiger partial charge in [0.2, 0.25) is 0 Å². The highest BCUT2D eigenvalue weighted by Gasteiger charge is 2.11. The highest BCUT2D eigenvalue weighted by Crippen LogP contribution is 2.34. The predicted molar refractivity (Wildman–Crippen MR) is 88.9 cm³/mol. The van der Waals surface area contributed by atoms with E-state index in [9.17, 15) is 0 Å². The monoisotopic (exact) mass is 275 g/mol. The first-order valence-electron chi connectivity index (χ1n) is 6.85. The minimum Gasteiger partial charge on any atom is -0.324 e. The predicted octanol–water partition coefficient (Wildman–Crippen LogP) is 4.44. The van der Waals surface area contributed by atoms with E-state index in [0.717, 1.165) is 22.7 Å². The normalized spacial score (nSPS) is 10.1. The third-order valence-electron chi connectivity index (χ3n) is 3.32. The second-order valence-corrected chi connectivity index (χ2v) is 4.70. The van der Waals surface area contributed by atoms with Crippen LogP contribution in [0.15, 0.2) is 84.9 Å². The molecule has 3 nitrogen and oxygen atoms in total. The van der Waals surface area contributed by atoms with Crippen LogP contribution >= 0.6 is 0 Å². The van der Waals surface area contributed by atoms with Gasteiger partial charge in [0.15, 0.2) is 0 Å². The third-order valence-corrected chi connectivity index (χ3v) is 3.32. The van der Waals surface area contributed by atoms with Crippen LogP contribution in [0, 0.1) is 0 Å². The van der Waals surface area contributed by atoms with E-state index < -0.39 is 0 Å². The highest BCUT2D eigenvalue weighted by molar-refractivity contribution is 5.77. The van der Waals surface area contributed by atoms with Crippen LogP contribution in [-0.4, -0.2) is 0 Å². The molecule has 0 aliphatic heterocycles. The molecule has 3 aromatic rings. The standard InChI is InChI=1S/C18H17N3/c19-20-15-11-13-18(14-12-15)21(16-7-3-1-4-8-16)17-9-5-2-6-10-17/h1-14,20H,19H2. The van der Waals surface area contributed by atoms with Crippen LogP contribution in [0.5, 0.6) is 0 Å². The number of anilines is 4. The van der Waals surface area contributed by atoms with Crippen molar-refractivity contribution < 1.29 is 0 Å². The number of hydrogen-bond acceptors (Lipinski definition) is 3. The first kappa shape index (κ1) is 13.2. The molecule has 0 bridgehead atoms. The number of para-hydroxylation sites is 2. The van der Waals surface area contributed by atoms with Crippen molar-refractivity contribution in [3.05, 3.63) is 84.9 Å². The number of hydrogen-bond donors (Lipinski definition) is 2. The van der Waals surface area contributed by atoms with E-state index in [-0.39, 0.29) is 0 Å². The molecule has 3 N–H and O–H groups in total. The van der Waals surface area contributed by atoms with Crippen LogP contribution in [0.3, 0.4) is 0 Å². The van der Waals surface area contributed by atoms with E-state index in [1.165, 1.54) is 0 Å². The van der Waals surface area contributed by atoms with E-state index in [1.807, 2.05) is 48.5 Å². The lowest BCUT2D eigenvalue weighted by Gasteiger charge is -2.25. The van der Waals surface area contributed by atoms with E-state index >= 15 is 0 Å². The first-order chi connectivity index (χ1) is 10.4. The van der Waals surface area contributed by atoms with E-state index in [4.69, 9.17) is 5.84 Å². The molecule has 0 atom stereocenters. The topological polar surface area (TPSA) is 41.3 Å². The molecule has 21 heavy (non-hydrogen) atoms. The maximum Gasteiger partial charge on any atom is 0.0486 e. The van der Waals surface area contributed by atoms with Gasteiger partial charge in [0.05, 0.1) is 0 Å². The summed E-state index contributed by atoms with van der Waals surface area (Å²) in [6.45, 7) is 0. The summed E-state index contributed by atoms with van der Waals surface area (Å²) in [5, 5.41) is 0. The van der Waals surface area contributed by atoms with E-state index in [2.05, 4.69) is 46.7 Å². The maximum atomic E-state index is 5.43. The number of nitrogens with one attached hydrogen (secondary N) is 1. The fraction of sp³-hybridized carbons (Fsp3) is 0. The molecular weight excluding hydrogens is 258 g/mol. The van der Waals surface area contributed by atoms with Gasteiger partial charge in [-0.25, -0.2) is 0 Å². The zero-order chi connectivity index (χ0) is 14.5. The molecule has 0 spiro atoms. The minimum absolute atomic E-state index is 0.889. The smallest absolute Gasteiger partial charge is 0.0486 e. The molecule has 3 rings (SSSR count). The Bertz CT molecular complexity index is 639. The fourth-order valence-corrected chi connectivity index (χ4v) is 2.31. The summed E-state index contributed by atoms with van der Waals surface area (Å²) in [6, 6.07) is 28.6. The van der Waals surface area contributed by atoms with Crippen LogP contribution in [0.1, 0.15) is 0 Å². The van der Waals surface area contributed by atoms with Gasteiger partial charge >= 0.3 is 0 Å². The molecule has 0 saturated carbocycles. The Balaban J connectivity index is 2.07. The SMILES string of the molecule is NNc1ccc(N(c2ccccc2)c2ccccc2)cc1. The summed E-state index contributed by atoms with van der Waals surface area (Å²) in [6.07, 6.45) is 0. The summed E-state index contributed by atoms with van der Waals surface area (Å²) in [4.78, 5) is 2.21. The fourth-order valence-electron chi connectivity index (χ4n) is 2.31. The summed E-state index contributed by atoms with van der Waals surface area (Å²) >= 11 is 0. The van der Waals surface area contributed by atoms with Gasteiger partial charge in [-0.2, -0.15) is 0 Å². The molecule has 3 aromatic carbocycles. The molecule has 0 aliphatic carbocycles. The number of nitrogens with zero attached hydrogens (tertiary/aromatic N) is 1. The van der Waals surface area contributed by atoms with Gasteiger partial charge in [0.1, 0.15) is 0 Å². The second-order valence-electron chi connectivity index (χ2n) is 4.70. The van der Waals surface area contributed by atoms with Gasteiger partial charge in [0.25, 0.3) is 0 Å². The van der Waals surface area contributed by atoms with Gasteiger partial charge < -0.3 is 10.3 Å². The number of nitrogen functional groups attached to an aromatic ring is 1. The van der Waals surface area contributed by atoms with Crippen molar-refractivity contribution in [2.24, 2.45) is 5.84 Å². The number of nitrogens with two attached hydrogens (primary N) is 1. The quantitative estimate of drug-likeness (QED) is 0.546. The van der Waals surface area contributed by atoms with Crippen molar-refractivity contribution in [3.63, 3.8) is 0 Å².